The summed E-state index contributed by atoms with van der Waals surface area (Å²) in [6.45, 7) is 2.36. The number of carbonyl (C=O) groups excluding carboxylic acids is 3. The molecular weight excluding hydrogens is 290 g/mol. The van der Waals surface area contributed by atoms with Crippen LogP contribution in [0.25, 0.3) is 0 Å². The first-order valence-electron chi connectivity index (χ1n) is 6.93. The van der Waals surface area contributed by atoms with Gasteiger partial charge in [-0.25, -0.2) is 4.79 Å². The molecule has 1 aromatic rings. The summed E-state index contributed by atoms with van der Waals surface area (Å²) in [5.41, 5.74) is 0.371. The number of unbranched alkanes of at least 4 members (excludes halogenated alkanes) is 1. The average molecular weight is 311 g/mol. The lowest BCUT2D eigenvalue weighted by Gasteiger charge is -2.21. The standard InChI is InChI=1S/C14H21N3O5/c1-5-6-7-17(11(18)8-12(19)21-3)10-9-16(2)15-13(10)14(20)22-4/h9H,5-8H2,1-4H3. The van der Waals surface area contributed by atoms with E-state index in [1.165, 1.54) is 23.8 Å². The van der Waals surface area contributed by atoms with E-state index in [1.807, 2.05) is 6.92 Å². The van der Waals surface area contributed by atoms with Gasteiger partial charge in [0, 0.05) is 19.8 Å². The Kier molecular flexibility index (Phi) is 6.55. The number of aromatic nitrogens is 2. The largest absolute Gasteiger partial charge is 0.469 e. The fraction of sp³-hybridized carbons (Fsp3) is 0.571. The number of rotatable bonds is 7. The molecule has 1 rings (SSSR count). The van der Waals surface area contributed by atoms with Crippen LogP contribution in [0, 0.1) is 0 Å². The molecule has 8 nitrogen and oxygen atoms in total. The quantitative estimate of drug-likeness (QED) is 0.549. The van der Waals surface area contributed by atoms with Gasteiger partial charge >= 0.3 is 11.9 Å². The fourth-order valence-corrected chi connectivity index (χ4v) is 1.90. The van der Waals surface area contributed by atoms with Crippen molar-refractivity contribution >= 4 is 23.5 Å². The van der Waals surface area contributed by atoms with E-state index in [-0.39, 0.29) is 5.69 Å². The number of ether oxygens (including phenoxy) is 2. The first-order valence-corrected chi connectivity index (χ1v) is 6.93. The molecule has 0 saturated heterocycles. The van der Waals surface area contributed by atoms with E-state index in [2.05, 4.69) is 14.6 Å². The maximum atomic E-state index is 12.3. The first-order chi connectivity index (χ1) is 10.4. The minimum absolute atomic E-state index is 0.0410. The van der Waals surface area contributed by atoms with E-state index >= 15 is 0 Å². The summed E-state index contributed by atoms with van der Waals surface area (Å²) in [5, 5.41) is 4.02. The molecule has 0 aliphatic carbocycles. The van der Waals surface area contributed by atoms with Gasteiger partial charge in [0.05, 0.1) is 19.9 Å². The van der Waals surface area contributed by atoms with Gasteiger partial charge < -0.3 is 14.4 Å². The predicted octanol–water partition coefficient (Wildman–Crippen LogP) is 0.903. The van der Waals surface area contributed by atoms with Crippen LogP contribution >= 0.6 is 0 Å². The zero-order valence-electron chi connectivity index (χ0n) is 13.3. The SMILES string of the molecule is CCCCN(C(=O)CC(=O)OC)c1cn(C)nc1C(=O)OC. The van der Waals surface area contributed by atoms with Crippen molar-refractivity contribution in [3.8, 4) is 0 Å². The molecule has 8 heteroatoms. The summed E-state index contributed by atoms with van der Waals surface area (Å²) < 4.78 is 10.6. The van der Waals surface area contributed by atoms with Crippen molar-refractivity contribution in [1.29, 1.82) is 0 Å². The van der Waals surface area contributed by atoms with Crippen molar-refractivity contribution in [1.82, 2.24) is 9.78 Å². The van der Waals surface area contributed by atoms with Crippen molar-refractivity contribution in [2.75, 3.05) is 25.7 Å². The zero-order valence-corrected chi connectivity index (χ0v) is 13.3. The molecule has 1 aromatic heterocycles. The lowest BCUT2D eigenvalue weighted by Crippen LogP contribution is -2.34. The number of hydrogen-bond acceptors (Lipinski definition) is 6. The minimum Gasteiger partial charge on any atom is -0.469 e. The molecule has 0 fully saturated rings. The second-order valence-corrected chi connectivity index (χ2v) is 4.68. The summed E-state index contributed by atoms with van der Waals surface area (Å²) in [4.78, 5) is 36.8. The van der Waals surface area contributed by atoms with Crippen molar-refractivity contribution in [2.24, 2.45) is 7.05 Å². The molecule has 1 amide bonds. The number of nitrogens with zero attached hydrogens (tertiary/aromatic N) is 3. The van der Waals surface area contributed by atoms with E-state index in [0.717, 1.165) is 12.8 Å². The van der Waals surface area contributed by atoms with E-state index in [4.69, 9.17) is 0 Å². The minimum atomic E-state index is -0.636. The first kappa shape index (κ1) is 17.7. The monoisotopic (exact) mass is 311 g/mol. The smallest absolute Gasteiger partial charge is 0.360 e. The number of carbonyl (C=O) groups is 3. The lowest BCUT2D eigenvalue weighted by atomic mass is 10.2. The zero-order chi connectivity index (χ0) is 16.7. The van der Waals surface area contributed by atoms with Gasteiger partial charge in [0.25, 0.3) is 0 Å². The molecule has 0 saturated carbocycles. The van der Waals surface area contributed by atoms with E-state index in [0.29, 0.717) is 12.2 Å². The fourth-order valence-electron chi connectivity index (χ4n) is 1.90. The van der Waals surface area contributed by atoms with Gasteiger partial charge in [0.2, 0.25) is 5.91 Å². The molecule has 0 N–H and O–H groups in total. The third-order valence-electron chi connectivity index (χ3n) is 3.04. The van der Waals surface area contributed by atoms with Crippen molar-refractivity contribution in [2.45, 2.75) is 26.2 Å². The molecule has 0 aromatic carbocycles. The Morgan fingerprint density at radius 1 is 1.27 bits per heavy atom. The number of esters is 2. The summed E-state index contributed by atoms with van der Waals surface area (Å²) in [6, 6.07) is 0. The molecule has 0 aliphatic rings. The van der Waals surface area contributed by atoms with Crippen LogP contribution in [-0.4, -0.2) is 48.4 Å². The van der Waals surface area contributed by atoms with E-state index in [1.54, 1.807) is 13.2 Å². The third-order valence-corrected chi connectivity index (χ3v) is 3.04. The molecule has 1 heterocycles. The Morgan fingerprint density at radius 3 is 2.50 bits per heavy atom. The Bertz CT molecular complexity index is 553. The van der Waals surface area contributed by atoms with Crippen molar-refractivity contribution in [3.05, 3.63) is 11.9 Å². The second kappa shape index (κ2) is 8.16. The average Bonchev–Trinajstić information content (AvgIpc) is 2.88. The summed E-state index contributed by atoms with van der Waals surface area (Å²) >= 11 is 0. The van der Waals surface area contributed by atoms with Gasteiger partial charge in [-0.1, -0.05) is 13.3 Å². The Hall–Kier alpha value is -2.38. The van der Waals surface area contributed by atoms with Gasteiger partial charge in [-0.15, -0.1) is 0 Å². The summed E-state index contributed by atoms with van der Waals surface area (Å²) in [6.07, 6.45) is 2.74. The Balaban J connectivity index is 3.13. The highest BCUT2D eigenvalue weighted by Crippen LogP contribution is 2.21. The Labute approximate surface area is 129 Å². The maximum Gasteiger partial charge on any atom is 0.360 e. The van der Waals surface area contributed by atoms with Gasteiger partial charge in [-0.3, -0.25) is 14.3 Å². The number of methoxy groups -OCH3 is 2. The van der Waals surface area contributed by atoms with E-state index < -0.39 is 24.3 Å². The van der Waals surface area contributed by atoms with Crippen LogP contribution in [0.5, 0.6) is 0 Å². The van der Waals surface area contributed by atoms with Crippen LogP contribution in [0.2, 0.25) is 0 Å². The normalized spacial score (nSPS) is 10.2. The van der Waals surface area contributed by atoms with Crippen LogP contribution in [-0.2, 0) is 26.1 Å². The highest BCUT2D eigenvalue weighted by atomic mass is 16.5. The molecule has 0 spiro atoms. The van der Waals surface area contributed by atoms with Gasteiger partial charge in [0.15, 0.2) is 5.69 Å². The summed E-state index contributed by atoms with van der Waals surface area (Å²) in [5.74, 6) is -1.71. The maximum absolute atomic E-state index is 12.3. The molecule has 0 radical (unpaired) electrons. The molecule has 0 atom stereocenters. The molecule has 0 bridgehead atoms. The molecule has 0 aliphatic heterocycles. The molecular formula is C14H21N3O5. The number of anilines is 1. The van der Waals surface area contributed by atoms with Crippen LogP contribution < -0.4 is 4.90 Å². The Morgan fingerprint density at radius 2 is 1.95 bits per heavy atom. The third kappa shape index (κ3) is 4.31. The van der Waals surface area contributed by atoms with Gasteiger partial charge in [0.1, 0.15) is 6.42 Å². The van der Waals surface area contributed by atoms with Crippen LogP contribution in [0.4, 0.5) is 5.69 Å². The predicted molar refractivity (Wildman–Crippen MR) is 78.4 cm³/mol. The topological polar surface area (TPSA) is 90.7 Å². The van der Waals surface area contributed by atoms with E-state index in [9.17, 15) is 14.4 Å². The number of hydrogen-bond donors (Lipinski definition) is 0. The molecule has 0 unspecified atom stereocenters. The highest BCUT2D eigenvalue weighted by molar-refractivity contribution is 6.06. The number of aryl methyl sites for hydroxylation is 1. The van der Waals surface area contributed by atoms with Crippen molar-refractivity contribution in [3.63, 3.8) is 0 Å². The van der Waals surface area contributed by atoms with Crippen LogP contribution in [0.15, 0.2) is 6.20 Å². The summed E-state index contributed by atoms with van der Waals surface area (Å²) in [7, 11) is 4.10. The second-order valence-electron chi connectivity index (χ2n) is 4.68. The van der Waals surface area contributed by atoms with Crippen LogP contribution in [0.1, 0.15) is 36.7 Å². The number of amides is 1. The van der Waals surface area contributed by atoms with Gasteiger partial charge in [-0.2, -0.15) is 5.10 Å². The van der Waals surface area contributed by atoms with Crippen LogP contribution in [0.3, 0.4) is 0 Å². The van der Waals surface area contributed by atoms with Gasteiger partial charge in [-0.05, 0) is 6.42 Å². The molecule has 22 heavy (non-hydrogen) atoms. The van der Waals surface area contributed by atoms with Crippen molar-refractivity contribution < 1.29 is 23.9 Å². The lowest BCUT2D eigenvalue weighted by molar-refractivity contribution is -0.143. The molecule has 122 valence electrons. The highest BCUT2D eigenvalue weighted by Gasteiger charge is 2.26.